The Morgan fingerprint density at radius 2 is 2.04 bits per heavy atom. The van der Waals surface area contributed by atoms with Gasteiger partial charge in [0.15, 0.2) is 0 Å². The zero-order chi connectivity index (χ0) is 19.6. The van der Waals surface area contributed by atoms with Gasteiger partial charge in [-0.05, 0) is 37.1 Å². The second kappa shape index (κ2) is 7.98. The topological polar surface area (TPSA) is 96.7 Å². The van der Waals surface area contributed by atoms with Gasteiger partial charge in [0, 0.05) is 17.1 Å². The van der Waals surface area contributed by atoms with Gasteiger partial charge in [-0.25, -0.2) is 9.97 Å². The molecule has 0 aliphatic carbocycles. The highest BCUT2D eigenvalue weighted by Crippen LogP contribution is 2.34. The van der Waals surface area contributed by atoms with Crippen molar-refractivity contribution >= 4 is 35.1 Å². The average Bonchev–Trinajstić information content (AvgIpc) is 3.09. The zero-order valence-corrected chi connectivity index (χ0v) is 16.4. The summed E-state index contributed by atoms with van der Waals surface area (Å²) in [6.07, 6.45) is 2.22. The number of halogens is 2. The Morgan fingerprint density at radius 1 is 1.26 bits per heavy atom. The highest BCUT2D eigenvalue weighted by molar-refractivity contribution is 6.33. The predicted octanol–water partition coefficient (Wildman–Crippen LogP) is 4.34. The molecule has 1 aromatic carbocycles. The predicted molar refractivity (Wildman–Crippen MR) is 109 cm³/mol. The first-order chi connectivity index (χ1) is 12.9. The maximum absolute atomic E-state index is 12.7. The molecular formula is C19H19Cl2N5O. The van der Waals surface area contributed by atoms with E-state index in [1.807, 2.05) is 32.0 Å². The maximum Gasteiger partial charge on any atom is 0.253 e. The number of nitrogens with one attached hydrogen (secondary N) is 2. The number of amides is 1. The SMILES string of the molecule is CCNC(=O)c1cc(-c2nc(N)ncc2Cl)[nH]c1-c1cc(Cl)ccc1CC. The lowest BCUT2D eigenvalue weighted by atomic mass is 10.00. The van der Waals surface area contributed by atoms with Gasteiger partial charge in [-0.2, -0.15) is 0 Å². The Labute approximate surface area is 167 Å². The molecule has 0 aliphatic heterocycles. The molecule has 0 fully saturated rings. The summed E-state index contributed by atoms with van der Waals surface area (Å²) < 4.78 is 0. The van der Waals surface area contributed by atoms with Gasteiger partial charge >= 0.3 is 0 Å². The standard InChI is InChI=1S/C19H19Cl2N5O/c1-3-10-5-6-11(20)7-12(10)16-13(18(27)23-4-2)8-15(25-16)17-14(21)9-24-19(22)26-17/h5-9,25H,3-4H2,1-2H3,(H,23,27)(H2,22,24,26). The third kappa shape index (κ3) is 3.91. The third-order valence-corrected chi connectivity index (χ3v) is 4.65. The first kappa shape index (κ1) is 19.2. The molecule has 8 heteroatoms. The van der Waals surface area contributed by atoms with Crippen LogP contribution < -0.4 is 11.1 Å². The van der Waals surface area contributed by atoms with Crippen molar-refractivity contribution in [3.8, 4) is 22.6 Å². The number of anilines is 1. The Balaban J connectivity index is 2.24. The van der Waals surface area contributed by atoms with E-state index in [4.69, 9.17) is 28.9 Å². The number of nitrogen functional groups attached to an aromatic ring is 1. The van der Waals surface area contributed by atoms with E-state index in [1.165, 1.54) is 6.20 Å². The fourth-order valence-corrected chi connectivity index (χ4v) is 3.25. The molecule has 0 atom stereocenters. The van der Waals surface area contributed by atoms with Crippen LogP contribution in [0.4, 0.5) is 5.95 Å². The second-order valence-corrected chi connectivity index (χ2v) is 6.75. The van der Waals surface area contributed by atoms with Crippen LogP contribution >= 0.6 is 23.2 Å². The molecule has 0 saturated carbocycles. The van der Waals surface area contributed by atoms with Gasteiger partial charge in [0.05, 0.1) is 28.2 Å². The number of rotatable bonds is 5. The summed E-state index contributed by atoms with van der Waals surface area (Å²) in [6, 6.07) is 7.35. The fraction of sp³-hybridized carbons (Fsp3) is 0.211. The number of hydrogen-bond acceptors (Lipinski definition) is 4. The summed E-state index contributed by atoms with van der Waals surface area (Å²) >= 11 is 12.5. The van der Waals surface area contributed by atoms with Gasteiger partial charge in [0.2, 0.25) is 5.95 Å². The lowest BCUT2D eigenvalue weighted by Gasteiger charge is -2.10. The summed E-state index contributed by atoms with van der Waals surface area (Å²) in [5.74, 6) is -0.0997. The number of aromatic nitrogens is 3. The van der Waals surface area contributed by atoms with Crippen LogP contribution in [0.5, 0.6) is 0 Å². The summed E-state index contributed by atoms with van der Waals surface area (Å²) in [4.78, 5) is 24.0. The van der Waals surface area contributed by atoms with E-state index in [9.17, 15) is 4.79 Å². The molecule has 2 aromatic heterocycles. The molecule has 0 bridgehead atoms. The van der Waals surface area contributed by atoms with Crippen molar-refractivity contribution in [3.05, 3.63) is 51.6 Å². The van der Waals surface area contributed by atoms with Crippen LogP contribution in [0.3, 0.4) is 0 Å². The molecule has 0 radical (unpaired) electrons. The highest BCUT2D eigenvalue weighted by Gasteiger charge is 2.21. The second-order valence-electron chi connectivity index (χ2n) is 5.91. The van der Waals surface area contributed by atoms with Crippen molar-refractivity contribution < 1.29 is 4.79 Å². The monoisotopic (exact) mass is 403 g/mol. The summed E-state index contributed by atoms with van der Waals surface area (Å²) in [5, 5.41) is 3.75. The van der Waals surface area contributed by atoms with Crippen molar-refractivity contribution in [2.24, 2.45) is 0 Å². The smallest absolute Gasteiger partial charge is 0.253 e. The van der Waals surface area contributed by atoms with Crippen LogP contribution in [-0.2, 0) is 6.42 Å². The van der Waals surface area contributed by atoms with Crippen molar-refractivity contribution in [1.82, 2.24) is 20.3 Å². The molecule has 6 nitrogen and oxygen atoms in total. The van der Waals surface area contributed by atoms with Crippen LogP contribution in [0.25, 0.3) is 22.6 Å². The van der Waals surface area contributed by atoms with E-state index in [1.54, 1.807) is 6.07 Å². The van der Waals surface area contributed by atoms with Crippen LogP contribution in [0.2, 0.25) is 10.0 Å². The molecule has 3 rings (SSSR count). The maximum atomic E-state index is 12.7. The number of benzene rings is 1. The van der Waals surface area contributed by atoms with Crippen LogP contribution in [0, 0.1) is 0 Å². The van der Waals surface area contributed by atoms with Crippen molar-refractivity contribution in [1.29, 1.82) is 0 Å². The number of nitrogens with two attached hydrogens (primary N) is 1. The quantitative estimate of drug-likeness (QED) is 0.589. The molecule has 1 amide bonds. The van der Waals surface area contributed by atoms with Crippen LogP contribution in [-0.4, -0.2) is 27.4 Å². The number of carbonyl (C=O) groups is 1. The molecule has 3 aromatic rings. The fourth-order valence-electron chi connectivity index (χ4n) is 2.89. The third-order valence-electron chi connectivity index (χ3n) is 4.14. The minimum Gasteiger partial charge on any atom is -0.368 e. The normalized spacial score (nSPS) is 10.8. The molecule has 27 heavy (non-hydrogen) atoms. The number of carbonyl (C=O) groups excluding carboxylic acids is 1. The van der Waals surface area contributed by atoms with E-state index in [2.05, 4.69) is 20.3 Å². The summed E-state index contributed by atoms with van der Waals surface area (Å²) in [7, 11) is 0. The molecule has 2 heterocycles. The van der Waals surface area contributed by atoms with E-state index < -0.39 is 0 Å². The Bertz CT molecular complexity index is 1000. The van der Waals surface area contributed by atoms with Gasteiger partial charge in [-0.1, -0.05) is 36.2 Å². The number of aromatic amines is 1. The van der Waals surface area contributed by atoms with Crippen molar-refractivity contribution in [2.45, 2.75) is 20.3 Å². The molecule has 0 saturated heterocycles. The largest absolute Gasteiger partial charge is 0.368 e. The van der Waals surface area contributed by atoms with E-state index >= 15 is 0 Å². The van der Waals surface area contributed by atoms with E-state index in [0.29, 0.717) is 39.2 Å². The lowest BCUT2D eigenvalue weighted by Crippen LogP contribution is -2.22. The Kier molecular flexibility index (Phi) is 5.68. The Hall–Kier alpha value is -2.57. The number of hydrogen-bond donors (Lipinski definition) is 3. The average molecular weight is 404 g/mol. The van der Waals surface area contributed by atoms with Crippen LogP contribution in [0.1, 0.15) is 29.8 Å². The van der Waals surface area contributed by atoms with Gasteiger partial charge in [0.1, 0.15) is 5.69 Å². The van der Waals surface area contributed by atoms with Crippen molar-refractivity contribution in [3.63, 3.8) is 0 Å². The number of H-pyrrole nitrogens is 1. The van der Waals surface area contributed by atoms with Gasteiger partial charge < -0.3 is 16.0 Å². The molecule has 0 spiro atoms. The Morgan fingerprint density at radius 3 is 2.74 bits per heavy atom. The van der Waals surface area contributed by atoms with Gasteiger partial charge in [0.25, 0.3) is 5.91 Å². The molecule has 0 aliphatic rings. The van der Waals surface area contributed by atoms with Gasteiger partial charge in [-0.3, -0.25) is 4.79 Å². The van der Waals surface area contributed by atoms with E-state index in [-0.39, 0.29) is 11.9 Å². The first-order valence-electron chi connectivity index (χ1n) is 8.53. The first-order valence-corrected chi connectivity index (χ1v) is 9.28. The molecular weight excluding hydrogens is 385 g/mol. The number of nitrogens with zero attached hydrogens (tertiary/aromatic N) is 2. The zero-order valence-electron chi connectivity index (χ0n) is 14.9. The minimum atomic E-state index is -0.199. The summed E-state index contributed by atoms with van der Waals surface area (Å²) in [5.41, 5.74) is 9.77. The van der Waals surface area contributed by atoms with E-state index in [0.717, 1.165) is 17.5 Å². The van der Waals surface area contributed by atoms with Crippen molar-refractivity contribution in [2.75, 3.05) is 12.3 Å². The van der Waals surface area contributed by atoms with Gasteiger partial charge in [-0.15, -0.1) is 0 Å². The number of aryl methyl sites for hydroxylation is 1. The molecule has 0 unspecified atom stereocenters. The highest BCUT2D eigenvalue weighted by atomic mass is 35.5. The summed E-state index contributed by atoms with van der Waals surface area (Å²) in [6.45, 7) is 4.42. The lowest BCUT2D eigenvalue weighted by molar-refractivity contribution is 0.0956. The minimum absolute atomic E-state index is 0.0992. The molecule has 4 N–H and O–H groups in total. The molecule has 140 valence electrons. The van der Waals surface area contributed by atoms with Crippen LogP contribution in [0.15, 0.2) is 30.5 Å².